The summed E-state index contributed by atoms with van der Waals surface area (Å²) in [6.45, 7) is 0. The van der Waals surface area contributed by atoms with Crippen molar-refractivity contribution in [1.29, 1.82) is 0 Å². The van der Waals surface area contributed by atoms with E-state index < -0.39 is 0 Å². The number of pyridine rings is 1. The molecule has 1 amide bonds. The molecule has 2 rings (SSSR count). The van der Waals surface area contributed by atoms with Crippen LogP contribution in [0, 0.1) is 0 Å². The minimum Gasteiger partial charge on any atom is -0.320 e. The summed E-state index contributed by atoms with van der Waals surface area (Å²) in [5.41, 5.74) is 1.18. The average Bonchev–Trinajstić information content (AvgIpc) is 2.39. The van der Waals surface area contributed by atoms with E-state index in [0.29, 0.717) is 10.2 Å². The molecule has 3 nitrogen and oxygen atoms in total. The molecule has 1 aromatic heterocycles. The lowest BCUT2D eigenvalue weighted by molar-refractivity contribution is 0.102. The van der Waals surface area contributed by atoms with Crippen molar-refractivity contribution in [1.82, 2.24) is 4.98 Å². The number of rotatable bonds is 3. The van der Waals surface area contributed by atoms with Crippen LogP contribution in [0.3, 0.4) is 0 Å². The Morgan fingerprint density at radius 3 is 2.78 bits per heavy atom. The molecule has 0 saturated carbocycles. The first-order valence-corrected chi connectivity index (χ1v) is 7.29. The number of halogens is 1. The van der Waals surface area contributed by atoms with Gasteiger partial charge in [0.15, 0.2) is 0 Å². The van der Waals surface area contributed by atoms with Gasteiger partial charge in [0.25, 0.3) is 5.91 Å². The van der Waals surface area contributed by atoms with Crippen molar-refractivity contribution in [3.63, 3.8) is 0 Å². The SMILES string of the molecule is CSc1ccccc1NC(=O)c1ncccc1Br. The largest absolute Gasteiger partial charge is 0.320 e. The van der Waals surface area contributed by atoms with Gasteiger partial charge in [-0.1, -0.05) is 12.1 Å². The highest BCUT2D eigenvalue weighted by molar-refractivity contribution is 9.10. The molecule has 0 saturated heterocycles. The Hall–Kier alpha value is -1.33. The van der Waals surface area contributed by atoms with Crippen molar-refractivity contribution in [2.45, 2.75) is 4.90 Å². The molecule has 0 aliphatic heterocycles. The third-order valence-electron chi connectivity index (χ3n) is 2.33. The van der Waals surface area contributed by atoms with Gasteiger partial charge < -0.3 is 5.32 Å². The van der Waals surface area contributed by atoms with Crippen molar-refractivity contribution in [2.24, 2.45) is 0 Å². The van der Waals surface area contributed by atoms with Gasteiger partial charge >= 0.3 is 0 Å². The highest BCUT2D eigenvalue weighted by Crippen LogP contribution is 2.25. The Morgan fingerprint density at radius 1 is 1.28 bits per heavy atom. The molecule has 1 N–H and O–H groups in total. The second kappa shape index (κ2) is 6.02. The predicted molar refractivity (Wildman–Crippen MR) is 78.1 cm³/mol. The lowest BCUT2D eigenvalue weighted by Gasteiger charge is -2.09. The molecule has 2 aromatic rings. The van der Waals surface area contributed by atoms with Gasteiger partial charge in [0.1, 0.15) is 5.69 Å². The van der Waals surface area contributed by atoms with Crippen molar-refractivity contribution >= 4 is 39.3 Å². The number of para-hydroxylation sites is 1. The molecular formula is C13H11BrN2OS. The van der Waals surface area contributed by atoms with Gasteiger partial charge in [0, 0.05) is 15.6 Å². The summed E-state index contributed by atoms with van der Waals surface area (Å²) in [6.07, 6.45) is 3.57. The number of thioether (sulfide) groups is 1. The zero-order valence-corrected chi connectivity index (χ0v) is 12.1. The van der Waals surface area contributed by atoms with E-state index in [2.05, 4.69) is 26.2 Å². The van der Waals surface area contributed by atoms with Gasteiger partial charge in [-0.15, -0.1) is 11.8 Å². The van der Waals surface area contributed by atoms with Crippen LogP contribution in [-0.4, -0.2) is 17.1 Å². The topological polar surface area (TPSA) is 42.0 Å². The highest BCUT2D eigenvalue weighted by atomic mass is 79.9. The van der Waals surface area contributed by atoms with Crippen molar-refractivity contribution in [2.75, 3.05) is 11.6 Å². The lowest BCUT2D eigenvalue weighted by Crippen LogP contribution is -2.14. The van der Waals surface area contributed by atoms with Crippen LogP contribution in [0.4, 0.5) is 5.69 Å². The standard InChI is InChI=1S/C13H11BrN2OS/c1-18-11-7-3-2-6-10(11)16-13(17)12-9(14)5-4-8-15-12/h2-8H,1H3,(H,16,17). The van der Waals surface area contributed by atoms with Gasteiger partial charge in [0.2, 0.25) is 0 Å². The minimum atomic E-state index is -0.219. The van der Waals surface area contributed by atoms with E-state index in [9.17, 15) is 4.79 Å². The fraction of sp³-hybridized carbons (Fsp3) is 0.0769. The highest BCUT2D eigenvalue weighted by Gasteiger charge is 2.12. The molecular weight excluding hydrogens is 312 g/mol. The van der Waals surface area contributed by atoms with E-state index in [1.807, 2.05) is 30.5 Å². The van der Waals surface area contributed by atoms with Crippen molar-refractivity contribution in [3.8, 4) is 0 Å². The fourth-order valence-electron chi connectivity index (χ4n) is 1.48. The second-order valence-electron chi connectivity index (χ2n) is 3.49. The van der Waals surface area contributed by atoms with Crippen molar-refractivity contribution in [3.05, 3.63) is 52.8 Å². The predicted octanol–water partition coefficient (Wildman–Crippen LogP) is 3.82. The Kier molecular flexibility index (Phi) is 4.38. The van der Waals surface area contributed by atoms with Crippen LogP contribution in [0.25, 0.3) is 0 Å². The normalized spacial score (nSPS) is 10.1. The van der Waals surface area contributed by atoms with Crippen LogP contribution in [0.1, 0.15) is 10.5 Å². The number of nitrogens with one attached hydrogen (secondary N) is 1. The van der Waals surface area contributed by atoms with Gasteiger partial charge in [-0.05, 0) is 46.5 Å². The number of amides is 1. The number of anilines is 1. The molecule has 0 atom stereocenters. The summed E-state index contributed by atoms with van der Waals surface area (Å²) in [7, 11) is 0. The molecule has 1 aromatic carbocycles. The molecule has 18 heavy (non-hydrogen) atoms. The Bertz CT molecular complexity index is 574. The van der Waals surface area contributed by atoms with E-state index in [-0.39, 0.29) is 5.91 Å². The van der Waals surface area contributed by atoms with E-state index in [0.717, 1.165) is 10.6 Å². The number of hydrogen-bond acceptors (Lipinski definition) is 3. The molecule has 0 fully saturated rings. The summed E-state index contributed by atoms with van der Waals surface area (Å²) in [6, 6.07) is 11.2. The molecule has 0 radical (unpaired) electrons. The van der Waals surface area contributed by atoms with E-state index in [4.69, 9.17) is 0 Å². The second-order valence-corrected chi connectivity index (χ2v) is 5.19. The van der Waals surface area contributed by atoms with Gasteiger partial charge in [-0.3, -0.25) is 4.79 Å². The maximum Gasteiger partial charge on any atom is 0.275 e. The first-order chi connectivity index (χ1) is 8.72. The zero-order valence-electron chi connectivity index (χ0n) is 9.68. The van der Waals surface area contributed by atoms with Crippen LogP contribution in [0.5, 0.6) is 0 Å². The van der Waals surface area contributed by atoms with Gasteiger partial charge in [-0.25, -0.2) is 4.98 Å². The Balaban J connectivity index is 2.24. The number of aromatic nitrogens is 1. The zero-order chi connectivity index (χ0) is 13.0. The summed E-state index contributed by atoms with van der Waals surface area (Å²) in [5, 5.41) is 2.87. The maximum absolute atomic E-state index is 12.1. The van der Waals surface area contributed by atoms with Crippen molar-refractivity contribution < 1.29 is 4.79 Å². The maximum atomic E-state index is 12.1. The molecule has 5 heteroatoms. The number of carbonyl (C=O) groups excluding carboxylic acids is 1. The van der Waals surface area contributed by atoms with E-state index in [1.165, 1.54) is 0 Å². The van der Waals surface area contributed by atoms with E-state index >= 15 is 0 Å². The number of nitrogens with zero attached hydrogens (tertiary/aromatic N) is 1. The molecule has 0 aliphatic carbocycles. The summed E-state index contributed by atoms with van der Waals surface area (Å²) < 4.78 is 0.684. The van der Waals surface area contributed by atoms with Crippen LogP contribution in [0.2, 0.25) is 0 Å². The van der Waals surface area contributed by atoms with Crippen LogP contribution >= 0.6 is 27.7 Å². The van der Waals surface area contributed by atoms with Gasteiger partial charge in [0.05, 0.1) is 5.69 Å². The molecule has 0 unspecified atom stereocenters. The quantitative estimate of drug-likeness (QED) is 0.873. The monoisotopic (exact) mass is 322 g/mol. The third-order valence-corrected chi connectivity index (χ3v) is 3.76. The molecule has 0 spiro atoms. The van der Waals surface area contributed by atoms with Crippen LogP contribution < -0.4 is 5.32 Å². The Labute approximate surface area is 118 Å². The first-order valence-electron chi connectivity index (χ1n) is 5.27. The molecule has 92 valence electrons. The Morgan fingerprint density at radius 2 is 2.06 bits per heavy atom. The minimum absolute atomic E-state index is 0.219. The summed E-state index contributed by atoms with van der Waals surface area (Å²) in [5.74, 6) is -0.219. The van der Waals surface area contributed by atoms with Crippen LogP contribution in [-0.2, 0) is 0 Å². The summed E-state index contributed by atoms with van der Waals surface area (Å²) in [4.78, 5) is 17.2. The number of benzene rings is 1. The average molecular weight is 323 g/mol. The summed E-state index contributed by atoms with van der Waals surface area (Å²) >= 11 is 4.91. The number of hydrogen-bond donors (Lipinski definition) is 1. The molecule has 0 aliphatic rings. The molecule has 0 bridgehead atoms. The van der Waals surface area contributed by atoms with Gasteiger partial charge in [-0.2, -0.15) is 0 Å². The fourth-order valence-corrected chi connectivity index (χ4v) is 2.47. The lowest BCUT2D eigenvalue weighted by atomic mass is 10.3. The number of carbonyl (C=O) groups is 1. The third kappa shape index (κ3) is 2.91. The van der Waals surface area contributed by atoms with Crippen LogP contribution in [0.15, 0.2) is 52.0 Å². The first kappa shape index (κ1) is 13.1. The smallest absolute Gasteiger partial charge is 0.275 e. The van der Waals surface area contributed by atoms with E-state index in [1.54, 1.807) is 30.1 Å². The molecule has 1 heterocycles.